The number of nitrogens with one attached hydrogen (secondary N) is 1. The fraction of sp³-hybridized carbons (Fsp3) is 0. The Labute approximate surface area is 108 Å². The van der Waals surface area contributed by atoms with Crippen LogP contribution in [-0.4, -0.2) is 10.5 Å². The summed E-state index contributed by atoms with van der Waals surface area (Å²) in [5.41, 5.74) is 1.21. The van der Waals surface area contributed by atoms with Gasteiger partial charge in [-0.3, -0.25) is 0 Å². The zero-order valence-corrected chi connectivity index (χ0v) is 9.53. The molecule has 0 bridgehead atoms. The zero-order chi connectivity index (χ0) is 6.10. The van der Waals surface area contributed by atoms with Gasteiger partial charge in [-0.25, -0.2) is 0 Å². The smallest absolute Gasteiger partial charge is 0.870 e. The molecular formula is C8H8KNO. The molecule has 2 aromatic rings. The number of benzene rings is 1. The molecule has 0 saturated heterocycles. The van der Waals surface area contributed by atoms with Gasteiger partial charge in [-0.05, 0) is 17.5 Å². The summed E-state index contributed by atoms with van der Waals surface area (Å²) >= 11 is 0. The van der Waals surface area contributed by atoms with E-state index in [0.717, 1.165) is 0 Å². The molecule has 11 heavy (non-hydrogen) atoms. The van der Waals surface area contributed by atoms with E-state index in [9.17, 15) is 0 Å². The van der Waals surface area contributed by atoms with Crippen LogP contribution in [0, 0.1) is 0 Å². The molecule has 3 heteroatoms. The van der Waals surface area contributed by atoms with Crippen LogP contribution in [0.2, 0.25) is 0 Å². The van der Waals surface area contributed by atoms with Gasteiger partial charge in [0.25, 0.3) is 0 Å². The van der Waals surface area contributed by atoms with Crippen molar-refractivity contribution in [3.8, 4) is 0 Å². The average molecular weight is 173 g/mol. The second kappa shape index (κ2) is 5.08. The molecular weight excluding hydrogens is 165 g/mol. The van der Waals surface area contributed by atoms with Crippen molar-refractivity contribution in [1.29, 1.82) is 0 Å². The molecule has 1 heterocycles. The first-order valence-corrected chi connectivity index (χ1v) is 2.99. The van der Waals surface area contributed by atoms with E-state index < -0.39 is 0 Å². The number of hydrogen-bond donors (Lipinski definition) is 1. The fourth-order valence-corrected chi connectivity index (χ4v) is 0.995. The molecule has 0 amide bonds. The van der Waals surface area contributed by atoms with Crippen LogP contribution in [0.3, 0.4) is 0 Å². The van der Waals surface area contributed by atoms with Crippen molar-refractivity contribution < 1.29 is 56.9 Å². The van der Waals surface area contributed by atoms with Gasteiger partial charge in [0.15, 0.2) is 0 Å². The topological polar surface area (TPSA) is 45.8 Å². The first-order chi connectivity index (χ1) is 4.47. The minimum atomic E-state index is 0. The Hall–Kier alpha value is 0.356. The summed E-state index contributed by atoms with van der Waals surface area (Å²) in [6.45, 7) is 0. The van der Waals surface area contributed by atoms with E-state index in [4.69, 9.17) is 0 Å². The summed E-state index contributed by atoms with van der Waals surface area (Å²) in [7, 11) is 0. The molecule has 52 valence electrons. The van der Waals surface area contributed by atoms with Crippen molar-refractivity contribution in [1.82, 2.24) is 4.98 Å². The molecule has 0 radical (unpaired) electrons. The quantitative estimate of drug-likeness (QED) is 0.510. The van der Waals surface area contributed by atoms with Crippen LogP contribution >= 0.6 is 0 Å². The van der Waals surface area contributed by atoms with Crippen molar-refractivity contribution in [3.05, 3.63) is 36.5 Å². The molecule has 2 rings (SSSR count). The SMILES string of the molecule is [K+].[OH-].c1ccc2[nH]ccc2c1. The summed E-state index contributed by atoms with van der Waals surface area (Å²) in [6, 6.07) is 10.3. The normalized spacial score (nSPS) is 8.36. The number of H-pyrrole nitrogens is 1. The number of aromatic nitrogens is 1. The van der Waals surface area contributed by atoms with Crippen LogP contribution in [0.4, 0.5) is 0 Å². The van der Waals surface area contributed by atoms with Crippen molar-refractivity contribution in [2.24, 2.45) is 0 Å². The third-order valence-electron chi connectivity index (χ3n) is 1.46. The Balaban J connectivity index is 0.000000500. The van der Waals surface area contributed by atoms with Gasteiger partial charge < -0.3 is 10.5 Å². The van der Waals surface area contributed by atoms with E-state index >= 15 is 0 Å². The van der Waals surface area contributed by atoms with E-state index in [2.05, 4.69) is 23.2 Å². The molecule has 0 aliphatic carbocycles. The number of hydrogen-bond acceptors (Lipinski definition) is 1. The molecule has 2 N–H and O–H groups in total. The van der Waals surface area contributed by atoms with Gasteiger partial charge >= 0.3 is 51.4 Å². The first-order valence-electron chi connectivity index (χ1n) is 2.99. The molecule has 2 nitrogen and oxygen atoms in total. The van der Waals surface area contributed by atoms with Crippen LogP contribution in [-0.2, 0) is 0 Å². The molecule has 0 aliphatic rings. The molecule has 0 atom stereocenters. The van der Waals surface area contributed by atoms with Gasteiger partial charge in [0, 0.05) is 11.7 Å². The maximum atomic E-state index is 3.12. The molecule has 1 aromatic heterocycles. The van der Waals surface area contributed by atoms with Gasteiger partial charge in [0.2, 0.25) is 0 Å². The number of aromatic amines is 1. The van der Waals surface area contributed by atoms with Crippen molar-refractivity contribution in [2.45, 2.75) is 0 Å². The predicted molar refractivity (Wildman–Crippen MR) is 40.2 cm³/mol. The second-order valence-corrected chi connectivity index (χ2v) is 2.06. The summed E-state index contributed by atoms with van der Waals surface area (Å²) in [5.74, 6) is 0. The molecule has 0 saturated carbocycles. The second-order valence-electron chi connectivity index (χ2n) is 2.06. The van der Waals surface area contributed by atoms with Crippen LogP contribution < -0.4 is 51.4 Å². The van der Waals surface area contributed by atoms with Crippen LogP contribution in [0.15, 0.2) is 36.5 Å². The summed E-state index contributed by atoms with van der Waals surface area (Å²) in [6.07, 6.45) is 1.95. The van der Waals surface area contributed by atoms with Gasteiger partial charge in [0.05, 0.1) is 0 Å². The molecule has 0 fully saturated rings. The summed E-state index contributed by atoms with van der Waals surface area (Å²) in [4.78, 5) is 3.12. The van der Waals surface area contributed by atoms with Crippen LogP contribution in [0.5, 0.6) is 0 Å². The fourth-order valence-electron chi connectivity index (χ4n) is 0.995. The summed E-state index contributed by atoms with van der Waals surface area (Å²) < 4.78 is 0. The minimum Gasteiger partial charge on any atom is -0.870 e. The molecule has 0 spiro atoms. The van der Waals surface area contributed by atoms with E-state index in [1.54, 1.807) is 0 Å². The summed E-state index contributed by atoms with van der Waals surface area (Å²) in [5, 5.41) is 1.28. The predicted octanol–water partition coefficient (Wildman–Crippen LogP) is -1.00. The molecule has 0 unspecified atom stereocenters. The maximum Gasteiger partial charge on any atom is 1.00 e. The average Bonchev–Trinajstić information content (AvgIpc) is 2.33. The van der Waals surface area contributed by atoms with Gasteiger partial charge in [0.1, 0.15) is 0 Å². The Bertz CT molecular complexity index is 288. The van der Waals surface area contributed by atoms with Gasteiger partial charge in [-0.15, -0.1) is 0 Å². The third kappa shape index (κ3) is 2.40. The van der Waals surface area contributed by atoms with Gasteiger partial charge in [-0.1, -0.05) is 18.2 Å². The number of rotatable bonds is 0. The van der Waals surface area contributed by atoms with Crippen molar-refractivity contribution in [3.63, 3.8) is 0 Å². The standard InChI is InChI=1S/C8H7N.K.H2O/c1-2-4-8-7(3-1)5-6-9-8;;/h1-6,9H;;1H2/q;+1;/p-1. The molecule has 1 aromatic carbocycles. The van der Waals surface area contributed by atoms with Crippen molar-refractivity contribution in [2.75, 3.05) is 0 Å². The minimum absolute atomic E-state index is 0. The molecule has 0 aliphatic heterocycles. The van der Waals surface area contributed by atoms with Crippen LogP contribution in [0.1, 0.15) is 0 Å². The third-order valence-corrected chi connectivity index (χ3v) is 1.46. The van der Waals surface area contributed by atoms with Crippen LogP contribution in [0.25, 0.3) is 10.9 Å². The van der Waals surface area contributed by atoms with E-state index in [1.165, 1.54) is 10.9 Å². The Morgan fingerprint density at radius 2 is 1.73 bits per heavy atom. The van der Waals surface area contributed by atoms with E-state index in [0.29, 0.717) is 0 Å². The van der Waals surface area contributed by atoms with Gasteiger partial charge in [-0.2, -0.15) is 0 Å². The largest absolute Gasteiger partial charge is 1.00 e. The van der Waals surface area contributed by atoms with E-state index in [1.807, 2.05) is 18.3 Å². The zero-order valence-electron chi connectivity index (χ0n) is 6.41. The maximum absolute atomic E-state index is 3.12. The van der Waals surface area contributed by atoms with E-state index in [-0.39, 0.29) is 56.9 Å². The number of para-hydroxylation sites is 1. The monoisotopic (exact) mass is 173 g/mol. The number of fused-ring (bicyclic) bond motifs is 1. The Kier molecular flexibility index (Phi) is 5.25. The Morgan fingerprint density at radius 3 is 2.45 bits per heavy atom. The first kappa shape index (κ1) is 11.4. The Morgan fingerprint density at radius 1 is 1.00 bits per heavy atom. The van der Waals surface area contributed by atoms with Crippen molar-refractivity contribution >= 4 is 10.9 Å².